The molecule has 112 valence electrons. The van der Waals surface area contributed by atoms with Gasteiger partial charge in [-0.05, 0) is 37.1 Å². The molecule has 0 aromatic heterocycles. The van der Waals surface area contributed by atoms with E-state index in [1.165, 1.54) is 10.6 Å². The summed E-state index contributed by atoms with van der Waals surface area (Å²) in [5.74, 6) is 0. The Morgan fingerprint density at radius 1 is 1.10 bits per heavy atom. The van der Waals surface area contributed by atoms with Gasteiger partial charge in [0.1, 0.15) is 0 Å². The summed E-state index contributed by atoms with van der Waals surface area (Å²) in [6.45, 7) is 4.12. The molecule has 0 bridgehead atoms. The number of sulfonamides is 1. The average molecular weight is 324 g/mol. The average Bonchev–Trinajstić information content (AvgIpc) is 2.37. The zero-order valence-corrected chi connectivity index (χ0v) is 13.9. The third-order valence-electron chi connectivity index (χ3n) is 3.29. The summed E-state index contributed by atoms with van der Waals surface area (Å²) in [4.78, 5) is 0. The van der Waals surface area contributed by atoms with Crippen LogP contribution in [0, 0.1) is 13.8 Å². The molecular formula is C16H18ClNO2S. The number of benzene rings is 2. The highest BCUT2D eigenvalue weighted by molar-refractivity contribution is 7.92. The van der Waals surface area contributed by atoms with Gasteiger partial charge in [-0.3, -0.25) is 4.31 Å². The number of anilines is 1. The predicted molar refractivity (Wildman–Crippen MR) is 88.4 cm³/mol. The number of hydrogen-bond acceptors (Lipinski definition) is 2. The highest BCUT2D eigenvalue weighted by Gasteiger charge is 2.20. The molecule has 5 heteroatoms. The summed E-state index contributed by atoms with van der Waals surface area (Å²) < 4.78 is 25.7. The van der Waals surface area contributed by atoms with Gasteiger partial charge >= 0.3 is 0 Å². The van der Waals surface area contributed by atoms with E-state index >= 15 is 0 Å². The molecule has 0 aliphatic carbocycles. The Balaban J connectivity index is 2.48. The molecule has 2 aromatic rings. The van der Waals surface area contributed by atoms with Crippen molar-refractivity contribution in [3.8, 4) is 0 Å². The number of halogens is 1. The van der Waals surface area contributed by atoms with E-state index in [9.17, 15) is 8.42 Å². The molecule has 0 amide bonds. The summed E-state index contributed by atoms with van der Waals surface area (Å²) in [6, 6.07) is 13.0. The topological polar surface area (TPSA) is 37.4 Å². The molecule has 21 heavy (non-hydrogen) atoms. The second-order valence-corrected chi connectivity index (χ2v) is 7.46. The van der Waals surface area contributed by atoms with E-state index in [1.54, 1.807) is 6.07 Å². The minimum atomic E-state index is -3.39. The Morgan fingerprint density at radius 2 is 1.76 bits per heavy atom. The molecular weight excluding hydrogens is 306 g/mol. The van der Waals surface area contributed by atoms with Gasteiger partial charge in [0.25, 0.3) is 0 Å². The van der Waals surface area contributed by atoms with Crippen LogP contribution in [0.4, 0.5) is 5.69 Å². The van der Waals surface area contributed by atoms with Gasteiger partial charge in [-0.25, -0.2) is 8.42 Å². The lowest BCUT2D eigenvalue weighted by atomic mass is 10.1. The van der Waals surface area contributed by atoms with Crippen molar-refractivity contribution in [2.24, 2.45) is 0 Å². The first-order valence-corrected chi connectivity index (χ1v) is 8.80. The van der Waals surface area contributed by atoms with Crippen LogP contribution < -0.4 is 4.31 Å². The molecule has 0 radical (unpaired) electrons. The zero-order valence-electron chi connectivity index (χ0n) is 12.3. The van der Waals surface area contributed by atoms with E-state index in [-0.39, 0.29) is 6.54 Å². The summed E-state index contributed by atoms with van der Waals surface area (Å²) in [6.07, 6.45) is 1.21. The lowest BCUT2D eigenvalue weighted by Crippen LogP contribution is -2.30. The third kappa shape index (κ3) is 3.77. The Bertz CT molecular complexity index is 757. The van der Waals surface area contributed by atoms with Crippen LogP contribution >= 0.6 is 11.6 Å². The summed E-state index contributed by atoms with van der Waals surface area (Å²) in [5.41, 5.74) is 3.49. The van der Waals surface area contributed by atoms with E-state index in [0.29, 0.717) is 10.7 Å². The third-order valence-corrected chi connectivity index (χ3v) is 4.79. The molecule has 0 N–H and O–H groups in total. The lowest BCUT2D eigenvalue weighted by Gasteiger charge is -2.25. The molecule has 0 aliphatic rings. The van der Waals surface area contributed by atoms with Crippen molar-refractivity contribution in [2.45, 2.75) is 20.4 Å². The first-order chi connectivity index (χ1) is 9.79. The van der Waals surface area contributed by atoms with E-state index in [2.05, 4.69) is 0 Å². The van der Waals surface area contributed by atoms with Crippen LogP contribution in [0.1, 0.15) is 16.7 Å². The van der Waals surface area contributed by atoms with Crippen LogP contribution in [-0.2, 0) is 16.6 Å². The maximum atomic E-state index is 12.2. The van der Waals surface area contributed by atoms with Crippen LogP contribution in [0.25, 0.3) is 0 Å². The van der Waals surface area contributed by atoms with Crippen LogP contribution in [0.5, 0.6) is 0 Å². The molecule has 0 unspecified atom stereocenters. The van der Waals surface area contributed by atoms with Crippen molar-refractivity contribution >= 4 is 27.3 Å². The van der Waals surface area contributed by atoms with E-state index < -0.39 is 10.0 Å². The Kier molecular flexibility index (Phi) is 4.59. The molecule has 0 aliphatic heterocycles. The van der Waals surface area contributed by atoms with Gasteiger partial charge in [-0.15, -0.1) is 0 Å². The van der Waals surface area contributed by atoms with Gasteiger partial charge in [0, 0.05) is 5.02 Å². The van der Waals surface area contributed by atoms with Crippen LogP contribution in [0.15, 0.2) is 42.5 Å². The van der Waals surface area contributed by atoms with Crippen molar-refractivity contribution in [1.82, 2.24) is 0 Å². The molecule has 3 nitrogen and oxygen atoms in total. The normalized spacial score (nSPS) is 11.4. The molecule has 0 fully saturated rings. The molecule has 0 spiro atoms. The first-order valence-electron chi connectivity index (χ1n) is 6.57. The van der Waals surface area contributed by atoms with Crippen LogP contribution in [-0.4, -0.2) is 14.7 Å². The van der Waals surface area contributed by atoms with Crippen molar-refractivity contribution in [3.63, 3.8) is 0 Å². The SMILES string of the molecule is Cc1ccc(N(Cc2ccccc2Cl)S(C)(=O)=O)c(C)c1. The van der Waals surface area contributed by atoms with Crippen molar-refractivity contribution < 1.29 is 8.42 Å². The standard InChI is InChI=1S/C16H18ClNO2S/c1-12-8-9-16(13(2)10-12)18(21(3,19)20)11-14-6-4-5-7-15(14)17/h4-10H,11H2,1-3H3. The predicted octanol–water partition coefficient (Wildman–Crippen LogP) is 3.92. The maximum Gasteiger partial charge on any atom is 0.232 e. The van der Waals surface area contributed by atoms with Gasteiger partial charge in [0.05, 0.1) is 18.5 Å². The summed E-state index contributed by atoms with van der Waals surface area (Å²) >= 11 is 6.15. The summed E-state index contributed by atoms with van der Waals surface area (Å²) in [7, 11) is -3.39. The lowest BCUT2D eigenvalue weighted by molar-refractivity contribution is 0.596. The Labute approximate surface area is 131 Å². The van der Waals surface area contributed by atoms with E-state index in [1.807, 2.05) is 50.2 Å². The van der Waals surface area contributed by atoms with Gasteiger partial charge in [-0.1, -0.05) is 47.5 Å². The van der Waals surface area contributed by atoms with Gasteiger partial charge < -0.3 is 0 Å². The van der Waals surface area contributed by atoms with Gasteiger partial charge in [0.2, 0.25) is 10.0 Å². The van der Waals surface area contributed by atoms with E-state index in [4.69, 9.17) is 11.6 Å². The van der Waals surface area contributed by atoms with Crippen molar-refractivity contribution in [2.75, 3.05) is 10.6 Å². The summed E-state index contributed by atoms with van der Waals surface area (Å²) in [5, 5.41) is 0.566. The first kappa shape index (κ1) is 15.9. The minimum Gasteiger partial charge on any atom is -0.266 e. The maximum absolute atomic E-state index is 12.2. The number of nitrogens with zero attached hydrogens (tertiary/aromatic N) is 1. The highest BCUT2D eigenvalue weighted by Crippen LogP contribution is 2.27. The number of hydrogen-bond donors (Lipinski definition) is 0. The second-order valence-electron chi connectivity index (χ2n) is 5.15. The molecule has 0 atom stereocenters. The van der Waals surface area contributed by atoms with Gasteiger partial charge in [-0.2, -0.15) is 0 Å². The van der Waals surface area contributed by atoms with E-state index in [0.717, 1.165) is 16.7 Å². The van der Waals surface area contributed by atoms with Gasteiger partial charge in [0.15, 0.2) is 0 Å². The second kappa shape index (κ2) is 6.08. The minimum absolute atomic E-state index is 0.225. The molecule has 0 saturated heterocycles. The largest absolute Gasteiger partial charge is 0.266 e. The Hall–Kier alpha value is -1.52. The molecule has 2 aromatic carbocycles. The molecule has 2 rings (SSSR count). The number of aryl methyl sites for hydroxylation is 2. The van der Waals surface area contributed by atoms with Crippen LogP contribution in [0.3, 0.4) is 0 Å². The van der Waals surface area contributed by atoms with Crippen molar-refractivity contribution in [1.29, 1.82) is 0 Å². The zero-order chi connectivity index (χ0) is 15.6. The van der Waals surface area contributed by atoms with Crippen molar-refractivity contribution in [3.05, 3.63) is 64.2 Å². The Morgan fingerprint density at radius 3 is 2.33 bits per heavy atom. The quantitative estimate of drug-likeness (QED) is 0.855. The highest BCUT2D eigenvalue weighted by atomic mass is 35.5. The molecule has 0 saturated carbocycles. The number of rotatable bonds is 4. The fourth-order valence-corrected chi connectivity index (χ4v) is 3.38. The van der Waals surface area contributed by atoms with Crippen LogP contribution in [0.2, 0.25) is 5.02 Å². The fraction of sp³-hybridized carbons (Fsp3) is 0.250. The molecule has 0 heterocycles. The fourth-order valence-electron chi connectivity index (χ4n) is 2.25. The monoisotopic (exact) mass is 323 g/mol. The smallest absolute Gasteiger partial charge is 0.232 e.